The molecule has 0 spiro atoms. The fourth-order valence-electron chi connectivity index (χ4n) is 2.82. The first-order valence-electron chi connectivity index (χ1n) is 6.81. The lowest BCUT2D eigenvalue weighted by atomic mass is 9.83. The van der Waals surface area contributed by atoms with Crippen LogP contribution in [0.25, 0.3) is 0 Å². The van der Waals surface area contributed by atoms with Gasteiger partial charge in [-0.2, -0.15) is 0 Å². The summed E-state index contributed by atoms with van der Waals surface area (Å²) in [6.07, 6.45) is 0. The van der Waals surface area contributed by atoms with E-state index in [9.17, 15) is 9.90 Å². The number of aliphatic carboxylic acids is 1. The number of nitrogens with zero attached hydrogens (tertiary/aromatic N) is 1. The number of hydrogen-bond donors (Lipinski definition) is 1. The van der Waals surface area contributed by atoms with Crippen molar-refractivity contribution in [3.8, 4) is 0 Å². The predicted octanol–water partition coefficient (Wildman–Crippen LogP) is 2.71. The van der Waals surface area contributed by atoms with Crippen molar-refractivity contribution >= 4 is 5.97 Å². The second-order valence-electron chi connectivity index (χ2n) is 6.64. The molecule has 1 aromatic rings. The smallest absolute Gasteiger partial charge is 0.308 e. The Morgan fingerprint density at radius 2 is 1.79 bits per heavy atom. The van der Waals surface area contributed by atoms with Gasteiger partial charge in [0.15, 0.2) is 0 Å². The highest BCUT2D eigenvalue weighted by atomic mass is 16.4. The molecule has 1 saturated heterocycles. The molecule has 0 aromatic heterocycles. The van der Waals surface area contributed by atoms with Crippen molar-refractivity contribution in [3.05, 3.63) is 35.4 Å². The molecule has 104 valence electrons. The molecule has 0 unspecified atom stereocenters. The van der Waals surface area contributed by atoms with Gasteiger partial charge < -0.3 is 10.0 Å². The number of benzene rings is 1. The summed E-state index contributed by atoms with van der Waals surface area (Å²) in [5.41, 5.74) is 2.57. The summed E-state index contributed by atoms with van der Waals surface area (Å²) in [4.78, 5) is 13.4. The first kappa shape index (κ1) is 14.1. The molecule has 1 aromatic carbocycles. The maximum absolute atomic E-state index is 11.3. The standard InChI is InChI=1S/C16H23NO2/c1-16(2,3)12-7-5-11(6-8-12)13-9-17(4)10-14(13)15(18)19/h5-8,13-14H,9-10H2,1-4H3,(H,18,19)/t13-,14-/m0/s1. The van der Waals surface area contributed by atoms with Crippen LogP contribution in [0.3, 0.4) is 0 Å². The molecule has 1 N–H and O–H groups in total. The van der Waals surface area contributed by atoms with Gasteiger partial charge in [0.25, 0.3) is 0 Å². The van der Waals surface area contributed by atoms with E-state index in [-0.39, 0.29) is 17.3 Å². The van der Waals surface area contributed by atoms with Gasteiger partial charge in [-0.25, -0.2) is 0 Å². The highest BCUT2D eigenvalue weighted by Gasteiger charge is 2.36. The van der Waals surface area contributed by atoms with E-state index in [1.54, 1.807) is 0 Å². The van der Waals surface area contributed by atoms with E-state index in [1.165, 1.54) is 5.56 Å². The molecule has 0 saturated carbocycles. The van der Waals surface area contributed by atoms with E-state index < -0.39 is 5.97 Å². The van der Waals surface area contributed by atoms with Crippen LogP contribution in [0.2, 0.25) is 0 Å². The van der Waals surface area contributed by atoms with Gasteiger partial charge >= 0.3 is 5.97 Å². The molecule has 1 aliphatic rings. The Labute approximate surface area is 115 Å². The highest BCUT2D eigenvalue weighted by molar-refractivity contribution is 5.72. The molecule has 0 radical (unpaired) electrons. The third-order valence-electron chi connectivity index (χ3n) is 4.02. The van der Waals surface area contributed by atoms with E-state index >= 15 is 0 Å². The average molecular weight is 261 g/mol. The third-order valence-corrected chi connectivity index (χ3v) is 4.02. The molecule has 19 heavy (non-hydrogen) atoms. The summed E-state index contributed by atoms with van der Waals surface area (Å²) in [5.74, 6) is -0.865. The number of likely N-dealkylation sites (tertiary alicyclic amines) is 1. The summed E-state index contributed by atoms with van der Waals surface area (Å²) in [5, 5.41) is 9.32. The van der Waals surface area contributed by atoms with E-state index in [0.717, 1.165) is 12.1 Å². The second-order valence-corrected chi connectivity index (χ2v) is 6.64. The van der Waals surface area contributed by atoms with Crippen molar-refractivity contribution < 1.29 is 9.90 Å². The SMILES string of the molecule is CN1C[C@H](C(=O)O)[C@H](c2ccc(C(C)(C)C)cc2)C1. The van der Waals surface area contributed by atoms with Crippen LogP contribution in [-0.2, 0) is 10.2 Å². The Balaban J connectivity index is 2.24. The monoisotopic (exact) mass is 261 g/mol. The number of likely N-dealkylation sites (N-methyl/N-ethyl adjacent to an activating group) is 1. The second kappa shape index (κ2) is 4.97. The maximum Gasteiger partial charge on any atom is 0.308 e. The molecular formula is C16H23NO2. The zero-order valence-electron chi connectivity index (χ0n) is 12.2. The van der Waals surface area contributed by atoms with Crippen molar-refractivity contribution in [2.45, 2.75) is 32.1 Å². The van der Waals surface area contributed by atoms with Crippen molar-refractivity contribution in [3.63, 3.8) is 0 Å². The zero-order chi connectivity index (χ0) is 14.2. The molecule has 3 nitrogen and oxygen atoms in total. The molecule has 0 bridgehead atoms. The third kappa shape index (κ3) is 2.98. The van der Waals surface area contributed by atoms with Crippen LogP contribution in [0.1, 0.15) is 37.8 Å². The van der Waals surface area contributed by atoms with Crippen LogP contribution in [0.5, 0.6) is 0 Å². The lowest BCUT2D eigenvalue weighted by molar-refractivity contribution is -0.141. The van der Waals surface area contributed by atoms with Crippen LogP contribution in [-0.4, -0.2) is 36.1 Å². The van der Waals surface area contributed by atoms with Crippen LogP contribution in [0.4, 0.5) is 0 Å². The largest absolute Gasteiger partial charge is 0.481 e. The van der Waals surface area contributed by atoms with Gasteiger partial charge in [-0.05, 0) is 23.6 Å². The molecule has 2 atom stereocenters. The fraction of sp³-hybridized carbons (Fsp3) is 0.562. The Kier molecular flexibility index (Phi) is 3.68. The summed E-state index contributed by atoms with van der Waals surface area (Å²) < 4.78 is 0. The molecule has 0 amide bonds. The van der Waals surface area contributed by atoms with Gasteiger partial charge in [0.2, 0.25) is 0 Å². The van der Waals surface area contributed by atoms with E-state index in [2.05, 4.69) is 49.9 Å². The lowest BCUT2D eigenvalue weighted by Crippen LogP contribution is -2.21. The predicted molar refractivity (Wildman–Crippen MR) is 76.5 cm³/mol. The fourth-order valence-corrected chi connectivity index (χ4v) is 2.82. The maximum atomic E-state index is 11.3. The molecule has 2 rings (SSSR count). The van der Waals surface area contributed by atoms with E-state index in [0.29, 0.717) is 6.54 Å². The van der Waals surface area contributed by atoms with Crippen molar-refractivity contribution in [1.82, 2.24) is 4.90 Å². The molecule has 3 heteroatoms. The first-order valence-corrected chi connectivity index (χ1v) is 6.81. The first-order chi connectivity index (χ1) is 8.79. The molecular weight excluding hydrogens is 238 g/mol. The Morgan fingerprint density at radius 1 is 1.21 bits per heavy atom. The van der Waals surface area contributed by atoms with Crippen molar-refractivity contribution in [1.29, 1.82) is 0 Å². The Morgan fingerprint density at radius 3 is 2.26 bits per heavy atom. The van der Waals surface area contributed by atoms with E-state index in [1.807, 2.05) is 7.05 Å². The molecule has 1 heterocycles. The van der Waals surface area contributed by atoms with Crippen LogP contribution >= 0.6 is 0 Å². The van der Waals surface area contributed by atoms with Crippen LogP contribution in [0.15, 0.2) is 24.3 Å². The van der Waals surface area contributed by atoms with Gasteiger partial charge in [0.05, 0.1) is 5.92 Å². The summed E-state index contributed by atoms with van der Waals surface area (Å²) in [6, 6.07) is 8.46. The number of carbonyl (C=O) groups is 1. The van der Waals surface area contributed by atoms with Gasteiger partial charge in [-0.15, -0.1) is 0 Å². The number of hydrogen-bond acceptors (Lipinski definition) is 2. The molecule has 1 fully saturated rings. The minimum Gasteiger partial charge on any atom is -0.481 e. The Bertz CT molecular complexity index is 459. The van der Waals surface area contributed by atoms with Crippen molar-refractivity contribution in [2.24, 2.45) is 5.92 Å². The van der Waals surface area contributed by atoms with Gasteiger partial charge in [0, 0.05) is 19.0 Å². The topological polar surface area (TPSA) is 40.5 Å². The van der Waals surface area contributed by atoms with Gasteiger partial charge in [-0.3, -0.25) is 4.79 Å². The molecule has 0 aliphatic carbocycles. The summed E-state index contributed by atoms with van der Waals surface area (Å²) in [7, 11) is 1.99. The number of carboxylic acid groups (broad SMARTS) is 1. The average Bonchev–Trinajstić information content (AvgIpc) is 2.70. The summed E-state index contributed by atoms with van der Waals surface area (Å²) in [6.45, 7) is 8.02. The minimum atomic E-state index is -0.686. The van der Waals surface area contributed by atoms with Crippen LogP contribution in [0, 0.1) is 5.92 Å². The number of carboxylic acids is 1. The van der Waals surface area contributed by atoms with Crippen LogP contribution < -0.4 is 0 Å². The zero-order valence-corrected chi connectivity index (χ0v) is 12.2. The normalized spacial score (nSPS) is 24.6. The lowest BCUT2D eigenvalue weighted by Gasteiger charge is -2.21. The van der Waals surface area contributed by atoms with Crippen molar-refractivity contribution in [2.75, 3.05) is 20.1 Å². The van der Waals surface area contributed by atoms with E-state index in [4.69, 9.17) is 0 Å². The highest BCUT2D eigenvalue weighted by Crippen LogP contribution is 2.33. The summed E-state index contributed by atoms with van der Waals surface area (Å²) >= 11 is 0. The quantitative estimate of drug-likeness (QED) is 0.890. The Hall–Kier alpha value is -1.35. The molecule has 1 aliphatic heterocycles. The number of rotatable bonds is 2. The van der Waals surface area contributed by atoms with Gasteiger partial charge in [-0.1, -0.05) is 45.0 Å². The van der Waals surface area contributed by atoms with Gasteiger partial charge in [0.1, 0.15) is 0 Å². The minimum absolute atomic E-state index is 0.108.